The van der Waals surface area contributed by atoms with Crippen LogP contribution in [0.2, 0.25) is 0 Å². The Labute approximate surface area is 131 Å². The van der Waals surface area contributed by atoms with Crippen molar-refractivity contribution >= 4 is 39.1 Å². The maximum absolute atomic E-state index is 4.70. The van der Waals surface area contributed by atoms with Crippen LogP contribution in [0.15, 0.2) is 17.6 Å². The van der Waals surface area contributed by atoms with Gasteiger partial charge < -0.3 is 10.3 Å². The number of thiophene rings is 1. The summed E-state index contributed by atoms with van der Waals surface area (Å²) in [5, 5.41) is 5.41. The van der Waals surface area contributed by atoms with Gasteiger partial charge in [-0.3, -0.25) is 0 Å². The van der Waals surface area contributed by atoms with Gasteiger partial charge in [-0.2, -0.15) is 0 Å². The van der Waals surface area contributed by atoms with Gasteiger partial charge in [0.1, 0.15) is 16.5 Å². The van der Waals surface area contributed by atoms with Crippen LogP contribution in [0, 0.1) is 13.8 Å². The van der Waals surface area contributed by atoms with Gasteiger partial charge in [-0.1, -0.05) is 11.8 Å². The molecule has 110 valence electrons. The molecule has 0 aliphatic rings. The molecule has 3 aromatic rings. The van der Waals surface area contributed by atoms with E-state index >= 15 is 0 Å². The van der Waals surface area contributed by atoms with Gasteiger partial charge in [0.05, 0.1) is 11.1 Å². The molecule has 0 radical (unpaired) electrons. The lowest BCUT2D eigenvalue weighted by Crippen LogP contribution is -2.04. The Hall–Kier alpha value is -1.60. The quantitative estimate of drug-likeness (QED) is 0.701. The van der Waals surface area contributed by atoms with E-state index < -0.39 is 0 Å². The lowest BCUT2D eigenvalue weighted by molar-refractivity contribution is 1.03. The summed E-state index contributed by atoms with van der Waals surface area (Å²) in [6, 6.07) is 0. The van der Waals surface area contributed by atoms with Gasteiger partial charge in [-0.05, 0) is 26.3 Å². The Kier molecular flexibility index (Phi) is 4.12. The molecule has 0 saturated heterocycles. The second-order valence-corrected chi connectivity index (χ2v) is 6.83. The van der Waals surface area contributed by atoms with Crippen LogP contribution in [-0.2, 0) is 5.75 Å². The minimum absolute atomic E-state index is 0.706. The topological polar surface area (TPSA) is 66.5 Å². The monoisotopic (exact) mass is 319 g/mol. The zero-order valence-corrected chi connectivity index (χ0v) is 13.9. The van der Waals surface area contributed by atoms with Crippen molar-refractivity contribution < 1.29 is 0 Å². The molecule has 7 heteroatoms. The van der Waals surface area contributed by atoms with Crippen molar-refractivity contribution in [3.8, 4) is 0 Å². The van der Waals surface area contributed by atoms with Crippen LogP contribution >= 0.6 is 23.1 Å². The van der Waals surface area contributed by atoms with Crippen LogP contribution in [0.5, 0.6) is 0 Å². The van der Waals surface area contributed by atoms with Gasteiger partial charge >= 0.3 is 0 Å². The van der Waals surface area contributed by atoms with Gasteiger partial charge in [0, 0.05) is 23.8 Å². The summed E-state index contributed by atoms with van der Waals surface area (Å²) in [5.41, 5.74) is 1.27. The fraction of sp³-hybridized carbons (Fsp3) is 0.357. The Morgan fingerprint density at radius 1 is 1.33 bits per heavy atom. The maximum Gasteiger partial charge on any atom is 0.165 e. The molecule has 0 saturated carbocycles. The van der Waals surface area contributed by atoms with E-state index in [1.54, 1.807) is 29.3 Å². The number of nitrogens with zero attached hydrogens (tertiary/aromatic N) is 3. The van der Waals surface area contributed by atoms with E-state index in [4.69, 9.17) is 4.98 Å². The third-order valence-electron chi connectivity index (χ3n) is 3.23. The van der Waals surface area contributed by atoms with E-state index in [1.807, 2.05) is 6.20 Å². The first-order chi connectivity index (χ1) is 10.2. The molecule has 2 N–H and O–H groups in total. The second-order valence-electron chi connectivity index (χ2n) is 4.67. The van der Waals surface area contributed by atoms with Gasteiger partial charge in [-0.15, -0.1) is 11.3 Å². The SMILES string of the molecule is CCNc1nc(CSc2ncc[nH]2)nc2sc(C)c(C)c12. The van der Waals surface area contributed by atoms with Gasteiger partial charge in [-0.25, -0.2) is 15.0 Å². The van der Waals surface area contributed by atoms with Gasteiger partial charge in [0.15, 0.2) is 5.16 Å². The van der Waals surface area contributed by atoms with Crippen LogP contribution < -0.4 is 5.32 Å². The van der Waals surface area contributed by atoms with Crippen LogP contribution in [0.25, 0.3) is 10.2 Å². The Bertz CT molecular complexity index is 748. The average molecular weight is 319 g/mol. The summed E-state index contributed by atoms with van der Waals surface area (Å²) in [4.78, 5) is 19.0. The van der Waals surface area contributed by atoms with Gasteiger partial charge in [0.25, 0.3) is 0 Å². The predicted molar refractivity (Wildman–Crippen MR) is 89.2 cm³/mol. The summed E-state index contributed by atoms with van der Waals surface area (Å²) in [7, 11) is 0. The third-order valence-corrected chi connectivity index (χ3v) is 5.23. The van der Waals surface area contributed by atoms with E-state index in [9.17, 15) is 0 Å². The molecule has 0 aliphatic heterocycles. The highest BCUT2D eigenvalue weighted by Crippen LogP contribution is 2.33. The molecule has 3 aromatic heterocycles. The van der Waals surface area contributed by atoms with Crippen LogP contribution in [0.4, 0.5) is 5.82 Å². The summed E-state index contributed by atoms with van der Waals surface area (Å²) in [6.45, 7) is 7.20. The number of nitrogens with one attached hydrogen (secondary N) is 2. The number of imidazole rings is 1. The van der Waals surface area contributed by atoms with Crippen molar-refractivity contribution in [1.29, 1.82) is 0 Å². The molecule has 0 spiro atoms. The molecule has 0 amide bonds. The minimum atomic E-state index is 0.706. The first kappa shape index (κ1) is 14.3. The van der Waals surface area contributed by atoms with Crippen LogP contribution in [-0.4, -0.2) is 26.5 Å². The fourth-order valence-corrected chi connectivity index (χ4v) is 3.85. The number of anilines is 1. The molecule has 0 fully saturated rings. The first-order valence-corrected chi connectivity index (χ1v) is 8.62. The number of fused-ring (bicyclic) bond motifs is 1. The lowest BCUT2D eigenvalue weighted by Gasteiger charge is -2.07. The molecule has 0 aliphatic carbocycles. The molecule has 0 unspecified atom stereocenters. The smallest absolute Gasteiger partial charge is 0.165 e. The van der Waals surface area contributed by atoms with E-state index in [1.165, 1.54) is 10.4 Å². The molecular formula is C14H17N5S2. The number of hydrogen-bond donors (Lipinski definition) is 2. The van der Waals surface area contributed by atoms with Crippen LogP contribution in [0.3, 0.4) is 0 Å². The van der Waals surface area contributed by atoms with E-state index in [-0.39, 0.29) is 0 Å². The fourth-order valence-electron chi connectivity index (χ4n) is 2.12. The zero-order valence-electron chi connectivity index (χ0n) is 12.2. The number of aromatic nitrogens is 4. The highest BCUT2D eigenvalue weighted by molar-refractivity contribution is 7.98. The van der Waals surface area contributed by atoms with Crippen molar-refractivity contribution in [2.75, 3.05) is 11.9 Å². The van der Waals surface area contributed by atoms with Crippen molar-refractivity contribution in [3.05, 3.63) is 28.7 Å². The predicted octanol–water partition coefficient (Wildman–Crippen LogP) is 3.76. The van der Waals surface area contributed by atoms with Gasteiger partial charge in [0.2, 0.25) is 0 Å². The molecule has 3 heterocycles. The number of H-pyrrole nitrogens is 1. The van der Waals surface area contributed by atoms with Crippen molar-refractivity contribution in [1.82, 2.24) is 19.9 Å². The standard InChI is InChI=1S/C14H17N5S2/c1-4-15-12-11-8(2)9(3)21-13(11)19-10(18-12)7-20-14-16-5-6-17-14/h5-6H,4,7H2,1-3H3,(H,16,17)(H,15,18,19). The van der Waals surface area contributed by atoms with Crippen molar-refractivity contribution in [3.63, 3.8) is 0 Å². The third kappa shape index (κ3) is 2.89. The van der Waals surface area contributed by atoms with E-state index in [0.29, 0.717) is 5.75 Å². The lowest BCUT2D eigenvalue weighted by atomic mass is 10.2. The number of hydrogen-bond acceptors (Lipinski definition) is 6. The summed E-state index contributed by atoms with van der Waals surface area (Å²) in [6.07, 6.45) is 3.57. The molecule has 0 bridgehead atoms. The van der Waals surface area contributed by atoms with E-state index in [0.717, 1.165) is 33.6 Å². The normalized spacial score (nSPS) is 11.2. The maximum atomic E-state index is 4.70. The summed E-state index contributed by atoms with van der Waals surface area (Å²) in [5.74, 6) is 2.48. The highest BCUT2D eigenvalue weighted by atomic mass is 32.2. The largest absolute Gasteiger partial charge is 0.370 e. The van der Waals surface area contributed by atoms with Crippen molar-refractivity contribution in [2.45, 2.75) is 31.7 Å². The van der Waals surface area contributed by atoms with Crippen LogP contribution in [0.1, 0.15) is 23.2 Å². The molecule has 3 rings (SSSR count). The summed E-state index contributed by atoms with van der Waals surface area (Å²) < 4.78 is 0. The molecule has 0 atom stereocenters. The Morgan fingerprint density at radius 2 is 2.19 bits per heavy atom. The number of rotatable bonds is 5. The Morgan fingerprint density at radius 3 is 2.90 bits per heavy atom. The number of aryl methyl sites for hydroxylation is 2. The molecule has 5 nitrogen and oxygen atoms in total. The number of aromatic amines is 1. The zero-order chi connectivity index (χ0) is 14.8. The minimum Gasteiger partial charge on any atom is -0.370 e. The Balaban J connectivity index is 1.95. The first-order valence-electron chi connectivity index (χ1n) is 6.81. The summed E-state index contributed by atoms with van der Waals surface area (Å²) >= 11 is 3.34. The second kappa shape index (κ2) is 6.03. The molecule has 21 heavy (non-hydrogen) atoms. The number of thioether (sulfide) groups is 1. The molecule has 0 aromatic carbocycles. The van der Waals surface area contributed by atoms with E-state index in [2.05, 4.69) is 41.0 Å². The average Bonchev–Trinajstić information content (AvgIpc) is 3.06. The highest BCUT2D eigenvalue weighted by Gasteiger charge is 2.14. The molecular weight excluding hydrogens is 302 g/mol. The van der Waals surface area contributed by atoms with Crippen molar-refractivity contribution in [2.24, 2.45) is 0 Å².